The molecule has 4 heterocycles. The molecule has 2 aliphatic heterocycles. The number of thiazole rings is 1. The summed E-state index contributed by atoms with van der Waals surface area (Å²) in [5.41, 5.74) is 6.07. The van der Waals surface area contributed by atoms with Gasteiger partial charge in [-0.2, -0.15) is 4.57 Å². The normalized spacial score (nSPS) is 14.9. The lowest BCUT2D eigenvalue weighted by atomic mass is 9.77. The molecule has 2 atom stereocenters. The highest BCUT2D eigenvalue weighted by molar-refractivity contribution is 8.01. The van der Waals surface area contributed by atoms with Gasteiger partial charge in [0.05, 0.1) is 0 Å². The molecule has 1 saturated heterocycles. The zero-order valence-corrected chi connectivity index (χ0v) is 50.1. The molecule has 13 nitrogen and oxygen atoms in total. The van der Waals surface area contributed by atoms with E-state index in [9.17, 15) is 14.4 Å². The Labute approximate surface area is 517 Å². The third kappa shape index (κ3) is 13.0. The molecule has 0 spiro atoms. The van der Waals surface area contributed by atoms with Gasteiger partial charge in [0.25, 0.3) is 11.8 Å². The predicted molar refractivity (Wildman–Crippen MR) is 324 cm³/mol. The lowest BCUT2D eigenvalue weighted by molar-refractivity contribution is -0.722. The highest BCUT2D eigenvalue weighted by Gasteiger charge is 2.55. The standard InChI is InChI=1S/C67H56N6O7S3.HI/c1-2-78-71-57(54-45-83-66(68-54)70-67(51-34-18-7-19-35-51,52-36-20-8-21-37-52)53-38-22-9-23-39-53)62(75)69-58-63(76)73-59(65(77)80-61(48-30-14-5-15-31-48)49-32-16-6-17-33-49)50(44-82-64(58)73)43-81-55-40-24-25-41-72(55)42-56(74)79-60(46-26-10-3-11-27-46)47-28-12-4-13-29-47;/h3-41,45,58,60-61,64H,2,42-44H2,1H3,(H-,68,69,70,75);1H/b71-57-;/t58-,64-;/m1./s1. The molecule has 11 rings (SSSR count). The van der Waals surface area contributed by atoms with E-state index in [0.717, 1.165) is 44.0 Å². The second-order valence-corrected chi connectivity index (χ2v) is 22.4. The van der Waals surface area contributed by atoms with Crippen molar-refractivity contribution in [3.63, 3.8) is 0 Å². The first-order valence-electron chi connectivity index (χ1n) is 27.1. The van der Waals surface area contributed by atoms with Gasteiger partial charge >= 0.3 is 11.9 Å². The number of aromatic nitrogens is 2. The van der Waals surface area contributed by atoms with E-state index >= 15 is 4.79 Å². The van der Waals surface area contributed by atoms with Crippen LogP contribution < -0.4 is 39.2 Å². The van der Waals surface area contributed by atoms with Crippen LogP contribution in [0.5, 0.6) is 0 Å². The maximum absolute atomic E-state index is 15.1. The Balaban J connectivity index is 0.00000786. The lowest BCUT2D eigenvalue weighted by Gasteiger charge is -2.49. The number of hydrogen-bond donors (Lipinski definition) is 2. The Morgan fingerprint density at radius 1 is 0.679 bits per heavy atom. The minimum absolute atomic E-state index is 0. The van der Waals surface area contributed by atoms with Gasteiger partial charge in [-0.3, -0.25) is 14.5 Å². The van der Waals surface area contributed by atoms with Crippen LogP contribution in [0.15, 0.2) is 264 Å². The average Bonchev–Trinajstić information content (AvgIpc) is 1.66. The van der Waals surface area contributed by atoms with E-state index in [4.69, 9.17) is 19.3 Å². The molecule has 2 amide bonds. The maximum atomic E-state index is 15.1. The van der Waals surface area contributed by atoms with Crippen molar-refractivity contribution >= 4 is 69.5 Å². The molecule has 0 saturated carbocycles. The van der Waals surface area contributed by atoms with Crippen molar-refractivity contribution in [2.24, 2.45) is 5.16 Å². The third-order valence-electron chi connectivity index (χ3n) is 14.2. The number of thioether (sulfide) groups is 2. The SMILES string of the molecule is CCO/N=C(\C(=O)N[C@@H]1C(=O)N2C(C(=O)OC(c3ccccc3)c3ccccc3)=C(CSc3cccc[n+]3CC(=O)OC(c3ccccc3)c3ccccc3)CS[C@H]12)c1csc(NC(c2ccccc2)(c2ccccc2)c2ccccc2)n1.[I-]. The Morgan fingerprint density at radius 3 is 1.65 bits per heavy atom. The molecular formula is C67H57IN6O7S3. The van der Waals surface area contributed by atoms with Crippen molar-refractivity contribution in [3.8, 4) is 0 Å². The lowest BCUT2D eigenvalue weighted by Crippen LogP contribution is -3.00. The first kappa shape index (κ1) is 58.8. The smallest absolute Gasteiger partial charge is 0.373 e. The first-order valence-corrected chi connectivity index (χ1v) is 30.0. The highest BCUT2D eigenvalue weighted by Crippen LogP contribution is 2.44. The number of amides is 2. The summed E-state index contributed by atoms with van der Waals surface area (Å²) in [7, 11) is 0. The van der Waals surface area contributed by atoms with Crippen LogP contribution in [-0.4, -0.2) is 68.9 Å². The Kier molecular flexibility index (Phi) is 19.5. The number of rotatable bonds is 22. The Morgan fingerprint density at radius 2 is 1.15 bits per heavy atom. The van der Waals surface area contributed by atoms with Crippen LogP contribution in [0.4, 0.5) is 5.13 Å². The summed E-state index contributed by atoms with van der Waals surface area (Å²) in [6, 6.07) is 73.1. The summed E-state index contributed by atoms with van der Waals surface area (Å²) in [5.74, 6) is -1.74. The number of benzene rings is 7. The van der Waals surface area contributed by atoms with E-state index in [2.05, 4.69) is 52.2 Å². The fraction of sp³-hybridized carbons (Fsp3) is 0.149. The summed E-state index contributed by atoms with van der Waals surface area (Å²) in [6.45, 7) is 1.84. The molecular weight excluding hydrogens is 1220 g/mol. The van der Waals surface area contributed by atoms with Gasteiger partial charge in [-0.05, 0) is 57.5 Å². The van der Waals surface area contributed by atoms with E-state index in [1.54, 1.807) is 12.3 Å². The molecule has 1 fully saturated rings. The van der Waals surface area contributed by atoms with Gasteiger partial charge in [-0.25, -0.2) is 14.6 Å². The predicted octanol–water partition coefficient (Wildman–Crippen LogP) is 8.69. The van der Waals surface area contributed by atoms with E-state index in [1.807, 2.05) is 205 Å². The van der Waals surface area contributed by atoms with Crippen LogP contribution in [0.25, 0.3) is 0 Å². The monoisotopic (exact) mass is 1280 g/mol. The fourth-order valence-electron chi connectivity index (χ4n) is 10.2. The van der Waals surface area contributed by atoms with E-state index in [0.29, 0.717) is 16.5 Å². The Bertz CT molecular complexity index is 3580. The molecule has 2 N–H and O–H groups in total. The van der Waals surface area contributed by atoms with Crippen molar-refractivity contribution in [3.05, 3.63) is 298 Å². The number of pyridine rings is 1. The third-order valence-corrected chi connectivity index (χ3v) is 17.4. The second-order valence-electron chi connectivity index (χ2n) is 19.4. The van der Waals surface area contributed by atoms with Gasteiger partial charge in [0.1, 0.15) is 35.0 Å². The van der Waals surface area contributed by atoms with Gasteiger partial charge in [0.15, 0.2) is 29.2 Å². The molecule has 84 heavy (non-hydrogen) atoms. The van der Waals surface area contributed by atoms with Gasteiger partial charge in [-0.15, -0.1) is 23.1 Å². The molecule has 2 aromatic heterocycles. The number of anilines is 1. The van der Waals surface area contributed by atoms with Gasteiger partial charge in [0, 0.05) is 29.0 Å². The number of hydrogen-bond acceptors (Lipinski definition) is 13. The van der Waals surface area contributed by atoms with E-state index < -0.39 is 52.9 Å². The summed E-state index contributed by atoms with van der Waals surface area (Å²) in [5, 5.41) is 13.3. The number of nitrogens with one attached hydrogen (secondary N) is 2. The molecule has 7 aromatic carbocycles. The van der Waals surface area contributed by atoms with Gasteiger partial charge in [0.2, 0.25) is 11.6 Å². The summed E-state index contributed by atoms with van der Waals surface area (Å²) < 4.78 is 14.5. The summed E-state index contributed by atoms with van der Waals surface area (Å²) in [4.78, 5) is 70.4. The number of ether oxygens (including phenoxy) is 2. The van der Waals surface area contributed by atoms with Crippen molar-refractivity contribution in [1.82, 2.24) is 15.2 Å². The zero-order valence-electron chi connectivity index (χ0n) is 45.5. The molecule has 0 radical (unpaired) electrons. The summed E-state index contributed by atoms with van der Waals surface area (Å²) in [6.07, 6.45) is 0.388. The molecule has 0 bridgehead atoms. The molecule has 2 aliphatic rings. The Hall–Kier alpha value is -8.36. The number of fused-ring (bicyclic) bond motifs is 1. The summed E-state index contributed by atoms with van der Waals surface area (Å²) >= 11 is 4.15. The van der Waals surface area contributed by atoms with Crippen molar-refractivity contribution < 1.29 is 62.0 Å². The minimum atomic E-state index is -1.05. The van der Waals surface area contributed by atoms with Crippen LogP contribution in [0.2, 0.25) is 0 Å². The van der Waals surface area contributed by atoms with Gasteiger partial charge < -0.3 is 48.9 Å². The quantitative estimate of drug-likeness (QED) is 0.00981. The van der Waals surface area contributed by atoms with Crippen molar-refractivity contribution in [2.45, 2.75) is 47.7 Å². The highest BCUT2D eigenvalue weighted by atomic mass is 127. The number of nitrogens with zero attached hydrogens (tertiary/aromatic N) is 4. The molecule has 9 aromatic rings. The number of halogens is 1. The largest absolute Gasteiger partial charge is 1.00 e. The molecule has 17 heteroatoms. The van der Waals surface area contributed by atoms with Crippen LogP contribution in [0, 0.1) is 0 Å². The van der Waals surface area contributed by atoms with E-state index in [1.165, 1.54) is 39.8 Å². The fourth-order valence-corrected chi connectivity index (χ4v) is 13.5. The number of carbonyl (C=O) groups is 4. The van der Waals surface area contributed by atoms with Gasteiger partial charge in [-0.1, -0.05) is 229 Å². The maximum Gasteiger partial charge on any atom is 0.373 e. The van der Waals surface area contributed by atoms with Crippen molar-refractivity contribution in [1.29, 1.82) is 0 Å². The topological polar surface area (TPSA) is 152 Å². The van der Waals surface area contributed by atoms with Crippen LogP contribution >= 0.6 is 34.9 Å². The molecule has 422 valence electrons. The molecule has 0 unspecified atom stereocenters. The van der Waals surface area contributed by atoms with E-state index in [-0.39, 0.29) is 60.0 Å². The minimum Gasteiger partial charge on any atom is -1.00 e. The number of β-lactam (4-membered cyclic amide) rings is 1. The molecule has 0 aliphatic carbocycles. The second kappa shape index (κ2) is 27.8. The van der Waals surface area contributed by atoms with Crippen LogP contribution in [0.3, 0.4) is 0 Å². The number of carbonyl (C=O) groups excluding carboxylic acids is 4. The first-order chi connectivity index (χ1) is 40.8. The number of oxime groups is 1. The average molecular weight is 1280 g/mol. The zero-order chi connectivity index (χ0) is 57.0. The number of esters is 2. The van der Waals surface area contributed by atoms with Crippen LogP contribution in [-0.2, 0) is 45.6 Å². The van der Waals surface area contributed by atoms with Crippen molar-refractivity contribution in [2.75, 3.05) is 23.4 Å². The van der Waals surface area contributed by atoms with Crippen LogP contribution in [0.1, 0.15) is 63.8 Å².